The summed E-state index contributed by atoms with van der Waals surface area (Å²) in [6.45, 7) is 6.29. The highest BCUT2D eigenvalue weighted by molar-refractivity contribution is 5.91. The van der Waals surface area contributed by atoms with Gasteiger partial charge in [-0.2, -0.15) is 0 Å². The Morgan fingerprint density at radius 2 is 1.50 bits per heavy atom. The molecule has 0 saturated carbocycles. The summed E-state index contributed by atoms with van der Waals surface area (Å²) in [6, 6.07) is 0. The third kappa shape index (κ3) is 9.55. The van der Waals surface area contributed by atoms with E-state index in [1.807, 2.05) is 6.92 Å². The van der Waals surface area contributed by atoms with Crippen molar-refractivity contribution in [2.75, 3.05) is 32.8 Å². The van der Waals surface area contributed by atoms with Gasteiger partial charge in [0.1, 0.15) is 0 Å². The molecular formula is C17H29NO4. The van der Waals surface area contributed by atoms with Crippen LogP contribution < -0.4 is 0 Å². The number of hydrogen-bond donors (Lipinski definition) is 0. The van der Waals surface area contributed by atoms with E-state index in [2.05, 4.69) is 4.90 Å². The monoisotopic (exact) mass is 311 g/mol. The van der Waals surface area contributed by atoms with Crippen molar-refractivity contribution < 1.29 is 19.1 Å². The second kappa shape index (κ2) is 12.2. The summed E-state index contributed by atoms with van der Waals surface area (Å²) >= 11 is 0. The predicted octanol–water partition coefficient (Wildman–Crippen LogP) is 2.70. The summed E-state index contributed by atoms with van der Waals surface area (Å²) in [6.07, 6.45) is 9.92. The average Bonchev–Trinajstić information content (AvgIpc) is 2.54. The van der Waals surface area contributed by atoms with Crippen LogP contribution in [0, 0.1) is 0 Å². The van der Waals surface area contributed by atoms with Gasteiger partial charge in [-0.1, -0.05) is 19.8 Å². The predicted molar refractivity (Wildman–Crippen MR) is 85.5 cm³/mol. The van der Waals surface area contributed by atoms with Gasteiger partial charge in [0.25, 0.3) is 0 Å². The lowest BCUT2D eigenvalue weighted by Crippen LogP contribution is -2.30. The summed E-state index contributed by atoms with van der Waals surface area (Å²) in [5, 5.41) is 0. The first-order valence-corrected chi connectivity index (χ1v) is 8.46. The number of piperidine rings is 1. The lowest BCUT2D eigenvalue weighted by atomic mass is 10.1. The first-order chi connectivity index (χ1) is 10.7. The fourth-order valence-electron chi connectivity index (χ4n) is 2.34. The summed E-state index contributed by atoms with van der Waals surface area (Å²) < 4.78 is 9.96. The molecule has 0 aromatic carbocycles. The summed E-state index contributed by atoms with van der Waals surface area (Å²) in [5.74, 6) is -0.971. The highest BCUT2D eigenvalue weighted by Gasteiger charge is 2.09. The van der Waals surface area contributed by atoms with E-state index in [4.69, 9.17) is 9.47 Å². The SMILES string of the molecule is CCCCOC(=O)/C=C/C(=O)OCCCCN1CCCCC1. The van der Waals surface area contributed by atoms with Crippen LogP contribution in [0.1, 0.15) is 51.9 Å². The molecule has 0 atom stereocenters. The first-order valence-electron chi connectivity index (χ1n) is 8.46. The van der Waals surface area contributed by atoms with E-state index < -0.39 is 11.9 Å². The van der Waals surface area contributed by atoms with Crippen LogP contribution in [0.2, 0.25) is 0 Å². The standard InChI is InChI=1S/C17H29NO4/c1-2-3-14-21-16(19)9-10-17(20)22-15-8-7-13-18-11-5-4-6-12-18/h9-10H,2-8,11-15H2,1H3/b10-9+. The highest BCUT2D eigenvalue weighted by atomic mass is 16.5. The van der Waals surface area contributed by atoms with E-state index in [0.29, 0.717) is 13.2 Å². The molecule has 0 spiro atoms. The number of unbranched alkanes of at least 4 members (excludes halogenated alkanes) is 2. The lowest BCUT2D eigenvalue weighted by Gasteiger charge is -2.26. The van der Waals surface area contributed by atoms with Crippen molar-refractivity contribution in [2.45, 2.75) is 51.9 Å². The van der Waals surface area contributed by atoms with Gasteiger partial charge in [0.15, 0.2) is 0 Å². The molecule has 0 aromatic rings. The Morgan fingerprint density at radius 3 is 2.09 bits per heavy atom. The average molecular weight is 311 g/mol. The van der Waals surface area contributed by atoms with Crippen LogP contribution in [0.4, 0.5) is 0 Å². The fourth-order valence-corrected chi connectivity index (χ4v) is 2.34. The zero-order valence-electron chi connectivity index (χ0n) is 13.7. The van der Waals surface area contributed by atoms with Crippen molar-refractivity contribution in [3.63, 3.8) is 0 Å². The highest BCUT2D eigenvalue weighted by Crippen LogP contribution is 2.09. The van der Waals surface area contributed by atoms with Gasteiger partial charge in [0.05, 0.1) is 13.2 Å². The van der Waals surface area contributed by atoms with Crippen molar-refractivity contribution in [3.8, 4) is 0 Å². The second-order valence-electron chi connectivity index (χ2n) is 5.63. The van der Waals surface area contributed by atoms with Crippen molar-refractivity contribution in [1.29, 1.82) is 0 Å². The van der Waals surface area contributed by atoms with Gasteiger partial charge in [-0.3, -0.25) is 0 Å². The minimum atomic E-state index is -0.490. The Balaban J connectivity index is 1.99. The van der Waals surface area contributed by atoms with Gasteiger partial charge >= 0.3 is 11.9 Å². The number of nitrogens with zero attached hydrogens (tertiary/aromatic N) is 1. The summed E-state index contributed by atoms with van der Waals surface area (Å²) in [4.78, 5) is 25.1. The quantitative estimate of drug-likeness (QED) is 0.353. The molecule has 0 amide bonds. The molecule has 0 aliphatic carbocycles. The Kier molecular flexibility index (Phi) is 10.4. The van der Waals surface area contributed by atoms with Crippen LogP contribution in [0.25, 0.3) is 0 Å². The van der Waals surface area contributed by atoms with Crippen molar-refractivity contribution in [2.24, 2.45) is 0 Å². The van der Waals surface area contributed by atoms with Crippen LogP contribution >= 0.6 is 0 Å². The van der Waals surface area contributed by atoms with Gasteiger partial charge in [0, 0.05) is 12.2 Å². The van der Waals surface area contributed by atoms with Crippen LogP contribution in [0.3, 0.4) is 0 Å². The van der Waals surface area contributed by atoms with Gasteiger partial charge in [-0.25, -0.2) is 9.59 Å². The zero-order valence-corrected chi connectivity index (χ0v) is 13.7. The zero-order chi connectivity index (χ0) is 16.0. The molecule has 0 aromatic heterocycles. The molecule has 5 nitrogen and oxygen atoms in total. The molecular weight excluding hydrogens is 282 g/mol. The van der Waals surface area contributed by atoms with E-state index in [1.54, 1.807) is 0 Å². The number of esters is 2. The Labute approximate surface area is 133 Å². The molecule has 1 saturated heterocycles. The summed E-state index contributed by atoms with van der Waals surface area (Å²) in [5.41, 5.74) is 0. The Morgan fingerprint density at radius 1 is 0.909 bits per heavy atom. The lowest BCUT2D eigenvalue weighted by molar-refractivity contribution is -0.140. The Hall–Kier alpha value is -1.36. The van der Waals surface area contributed by atoms with Crippen LogP contribution in [0.15, 0.2) is 12.2 Å². The molecule has 0 N–H and O–H groups in total. The van der Waals surface area contributed by atoms with Gasteiger partial charge in [0.2, 0.25) is 0 Å². The van der Waals surface area contributed by atoms with E-state index in [9.17, 15) is 9.59 Å². The number of carbonyl (C=O) groups is 2. The maximum atomic E-state index is 11.4. The van der Waals surface area contributed by atoms with E-state index in [1.165, 1.54) is 32.4 Å². The number of hydrogen-bond acceptors (Lipinski definition) is 5. The third-order valence-electron chi connectivity index (χ3n) is 3.66. The third-order valence-corrected chi connectivity index (χ3v) is 3.66. The van der Waals surface area contributed by atoms with Crippen molar-refractivity contribution in [1.82, 2.24) is 4.90 Å². The molecule has 0 radical (unpaired) electrons. The number of rotatable bonds is 10. The molecule has 1 aliphatic heterocycles. The molecule has 22 heavy (non-hydrogen) atoms. The van der Waals surface area contributed by atoms with Crippen LogP contribution in [-0.4, -0.2) is 49.7 Å². The molecule has 1 heterocycles. The summed E-state index contributed by atoms with van der Waals surface area (Å²) in [7, 11) is 0. The first kappa shape index (κ1) is 18.7. The molecule has 1 rings (SSSR count). The van der Waals surface area contributed by atoms with Gasteiger partial charge in [-0.15, -0.1) is 0 Å². The minimum absolute atomic E-state index is 0.394. The van der Waals surface area contributed by atoms with Gasteiger partial charge in [-0.05, 0) is 51.7 Å². The van der Waals surface area contributed by atoms with E-state index in [0.717, 1.165) is 44.4 Å². The van der Waals surface area contributed by atoms with E-state index >= 15 is 0 Å². The number of likely N-dealkylation sites (tertiary alicyclic amines) is 1. The minimum Gasteiger partial charge on any atom is -0.463 e. The molecule has 0 unspecified atom stereocenters. The van der Waals surface area contributed by atoms with E-state index in [-0.39, 0.29) is 0 Å². The maximum Gasteiger partial charge on any atom is 0.331 e. The van der Waals surface area contributed by atoms with Crippen LogP contribution in [-0.2, 0) is 19.1 Å². The molecule has 1 aliphatic rings. The Bertz CT molecular complexity index is 349. The number of ether oxygens (including phenoxy) is 2. The van der Waals surface area contributed by atoms with Crippen LogP contribution in [0.5, 0.6) is 0 Å². The largest absolute Gasteiger partial charge is 0.463 e. The van der Waals surface area contributed by atoms with Gasteiger partial charge < -0.3 is 14.4 Å². The molecule has 5 heteroatoms. The maximum absolute atomic E-state index is 11.4. The van der Waals surface area contributed by atoms with Crippen molar-refractivity contribution >= 4 is 11.9 Å². The fraction of sp³-hybridized carbons (Fsp3) is 0.765. The second-order valence-corrected chi connectivity index (χ2v) is 5.63. The van der Waals surface area contributed by atoms with Crippen molar-refractivity contribution in [3.05, 3.63) is 12.2 Å². The number of carbonyl (C=O) groups excluding carboxylic acids is 2. The smallest absolute Gasteiger partial charge is 0.331 e. The molecule has 1 fully saturated rings. The molecule has 0 bridgehead atoms. The molecule has 126 valence electrons. The topological polar surface area (TPSA) is 55.8 Å². The normalized spacial score (nSPS) is 15.9.